The Kier molecular flexibility index (Phi) is 5.73. The predicted octanol–water partition coefficient (Wildman–Crippen LogP) is 0.856. The molecule has 29 heavy (non-hydrogen) atoms. The second-order valence-electron chi connectivity index (χ2n) is 9.79. The van der Waals surface area contributed by atoms with E-state index in [0.717, 1.165) is 0 Å². The summed E-state index contributed by atoms with van der Waals surface area (Å²) < 4.78 is 11.5. The summed E-state index contributed by atoms with van der Waals surface area (Å²) in [5.41, 5.74) is -1.55. The second kappa shape index (κ2) is 7.54. The third-order valence-electron chi connectivity index (χ3n) is 6.36. The molecule has 3 saturated heterocycles. The molecule has 3 rings (SSSR count). The van der Waals surface area contributed by atoms with Gasteiger partial charge in [0.2, 0.25) is 11.8 Å². The first-order valence-electron chi connectivity index (χ1n) is 10.6. The number of rotatable bonds is 6. The van der Waals surface area contributed by atoms with Gasteiger partial charge in [0.25, 0.3) is 0 Å². The first-order chi connectivity index (χ1) is 13.5. The van der Waals surface area contributed by atoms with Gasteiger partial charge in [-0.25, -0.2) is 0 Å². The van der Waals surface area contributed by atoms with Crippen LogP contribution in [0.5, 0.6) is 0 Å². The third kappa shape index (κ3) is 3.44. The molecule has 0 aliphatic carbocycles. The van der Waals surface area contributed by atoms with E-state index in [-0.39, 0.29) is 30.9 Å². The van der Waals surface area contributed by atoms with Crippen molar-refractivity contribution in [1.82, 2.24) is 10.2 Å². The molecule has 8 heteroatoms. The van der Waals surface area contributed by atoms with Crippen molar-refractivity contribution >= 4 is 17.8 Å². The highest BCUT2D eigenvalue weighted by Crippen LogP contribution is 2.59. The molecule has 8 nitrogen and oxygen atoms in total. The Morgan fingerprint density at radius 1 is 1.38 bits per heavy atom. The van der Waals surface area contributed by atoms with Crippen LogP contribution in [0.4, 0.5) is 0 Å². The van der Waals surface area contributed by atoms with Gasteiger partial charge in [-0.3, -0.25) is 14.4 Å². The summed E-state index contributed by atoms with van der Waals surface area (Å²) in [5.74, 6) is -2.59. The maximum absolute atomic E-state index is 13.6. The van der Waals surface area contributed by atoms with E-state index in [1.165, 1.54) is 4.90 Å². The van der Waals surface area contributed by atoms with Gasteiger partial charge in [-0.15, -0.1) is 0 Å². The number of nitrogens with zero attached hydrogens (tertiary/aromatic N) is 1. The fraction of sp³-hybridized carbons (Fsp3) is 0.857. The SMILES string of the molecule is CCOC(=O)[C@@H]1[C@@H]2CC[C@]3(O2)[C@H](C(=O)NC(C)(C)C)N([C@@H](CO)C(C)C)C(=O)[C@@H]13. The Labute approximate surface area is 172 Å². The minimum absolute atomic E-state index is 0.0673. The van der Waals surface area contributed by atoms with Crippen LogP contribution in [-0.4, -0.2) is 70.3 Å². The molecular weight excluding hydrogens is 376 g/mol. The number of ether oxygens (including phenoxy) is 2. The van der Waals surface area contributed by atoms with E-state index in [2.05, 4.69) is 5.32 Å². The number of esters is 1. The van der Waals surface area contributed by atoms with Gasteiger partial charge >= 0.3 is 5.97 Å². The second-order valence-corrected chi connectivity index (χ2v) is 9.79. The Balaban J connectivity index is 2.07. The quantitative estimate of drug-likeness (QED) is 0.629. The van der Waals surface area contributed by atoms with Crippen LogP contribution in [-0.2, 0) is 23.9 Å². The van der Waals surface area contributed by atoms with Crippen molar-refractivity contribution in [2.75, 3.05) is 13.2 Å². The molecule has 0 saturated carbocycles. The van der Waals surface area contributed by atoms with Crippen molar-refractivity contribution in [2.24, 2.45) is 17.8 Å². The zero-order valence-electron chi connectivity index (χ0n) is 18.2. The molecule has 0 aromatic carbocycles. The van der Waals surface area contributed by atoms with Crippen LogP contribution in [0.2, 0.25) is 0 Å². The molecule has 2 bridgehead atoms. The first kappa shape index (κ1) is 22.0. The molecule has 3 heterocycles. The number of amides is 2. The average molecular weight is 411 g/mol. The molecule has 1 spiro atoms. The standard InChI is InChI=1S/C21H34N2O6/c1-7-28-19(27)14-13-8-9-21(29-13)15(14)18(26)23(12(10-24)11(2)3)16(21)17(25)22-20(4,5)6/h11-16,24H,7-10H2,1-6H3,(H,22,25)/t12-,13-,14+,15+,16-,21+/m0/s1. The van der Waals surface area contributed by atoms with Gasteiger partial charge < -0.3 is 24.8 Å². The van der Waals surface area contributed by atoms with E-state index in [0.29, 0.717) is 12.8 Å². The van der Waals surface area contributed by atoms with Gasteiger partial charge in [-0.05, 0) is 46.5 Å². The summed E-state index contributed by atoms with van der Waals surface area (Å²) in [7, 11) is 0. The molecule has 3 fully saturated rings. The number of fused-ring (bicyclic) bond motifs is 1. The summed E-state index contributed by atoms with van der Waals surface area (Å²) in [5, 5.41) is 13.0. The Morgan fingerprint density at radius 2 is 2.03 bits per heavy atom. The molecule has 2 N–H and O–H groups in total. The van der Waals surface area contributed by atoms with Crippen molar-refractivity contribution in [1.29, 1.82) is 0 Å². The minimum atomic E-state index is -1.06. The Hall–Kier alpha value is -1.67. The van der Waals surface area contributed by atoms with E-state index in [9.17, 15) is 19.5 Å². The highest BCUT2D eigenvalue weighted by atomic mass is 16.6. The summed E-state index contributed by atoms with van der Waals surface area (Å²) in [6.45, 7) is 11.1. The maximum atomic E-state index is 13.6. The van der Waals surface area contributed by atoms with E-state index >= 15 is 0 Å². The summed E-state index contributed by atoms with van der Waals surface area (Å²) in [6, 6.07) is -1.42. The van der Waals surface area contributed by atoms with Gasteiger partial charge in [0.1, 0.15) is 11.6 Å². The van der Waals surface area contributed by atoms with Gasteiger partial charge in [0.05, 0.1) is 37.2 Å². The maximum Gasteiger partial charge on any atom is 0.312 e. The number of hydrogen-bond acceptors (Lipinski definition) is 6. The van der Waals surface area contributed by atoms with Crippen molar-refractivity contribution < 1.29 is 29.0 Å². The van der Waals surface area contributed by atoms with Crippen LogP contribution in [0.1, 0.15) is 54.4 Å². The fourth-order valence-electron chi connectivity index (χ4n) is 5.31. The summed E-state index contributed by atoms with van der Waals surface area (Å²) >= 11 is 0. The molecular formula is C21H34N2O6. The number of aliphatic hydroxyl groups excluding tert-OH is 1. The van der Waals surface area contributed by atoms with Crippen molar-refractivity contribution in [3.05, 3.63) is 0 Å². The van der Waals surface area contributed by atoms with Crippen LogP contribution in [0.3, 0.4) is 0 Å². The van der Waals surface area contributed by atoms with Crippen LogP contribution >= 0.6 is 0 Å². The molecule has 3 aliphatic rings. The average Bonchev–Trinajstić information content (AvgIpc) is 3.22. The molecule has 0 radical (unpaired) electrons. The number of nitrogens with one attached hydrogen (secondary N) is 1. The first-order valence-corrected chi connectivity index (χ1v) is 10.6. The molecule has 2 amide bonds. The molecule has 3 aliphatic heterocycles. The number of hydrogen-bond donors (Lipinski definition) is 2. The van der Waals surface area contributed by atoms with E-state index < -0.39 is 47.1 Å². The zero-order chi connectivity index (χ0) is 21.7. The van der Waals surface area contributed by atoms with E-state index in [4.69, 9.17) is 9.47 Å². The lowest BCUT2D eigenvalue weighted by atomic mass is 9.70. The number of aliphatic hydroxyl groups is 1. The lowest BCUT2D eigenvalue weighted by Crippen LogP contribution is -2.61. The van der Waals surface area contributed by atoms with Gasteiger partial charge in [-0.1, -0.05) is 13.8 Å². The number of carbonyl (C=O) groups excluding carboxylic acids is 3. The lowest BCUT2D eigenvalue weighted by Gasteiger charge is -2.39. The third-order valence-corrected chi connectivity index (χ3v) is 6.36. The van der Waals surface area contributed by atoms with E-state index in [1.54, 1.807) is 6.92 Å². The fourth-order valence-corrected chi connectivity index (χ4v) is 5.31. The largest absolute Gasteiger partial charge is 0.466 e. The molecule has 164 valence electrons. The van der Waals surface area contributed by atoms with E-state index in [1.807, 2.05) is 34.6 Å². The van der Waals surface area contributed by atoms with Crippen molar-refractivity contribution in [3.63, 3.8) is 0 Å². The lowest BCUT2D eigenvalue weighted by molar-refractivity contribution is -0.155. The highest BCUT2D eigenvalue weighted by molar-refractivity contribution is 5.98. The van der Waals surface area contributed by atoms with Gasteiger partial charge in [0, 0.05) is 5.54 Å². The highest BCUT2D eigenvalue weighted by Gasteiger charge is 2.75. The number of likely N-dealkylation sites (tertiary alicyclic amines) is 1. The van der Waals surface area contributed by atoms with Crippen LogP contribution in [0.25, 0.3) is 0 Å². The smallest absolute Gasteiger partial charge is 0.312 e. The molecule has 0 aromatic rings. The topological polar surface area (TPSA) is 105 Å². The summed E-state index contributed by atoms with van der Waals surface area (Å²) in [6.07, 6.45) is 0.715. The molecule has 0 unspecified atom stereocenters. The molecule has 0 aromatic heterocycles. The zero-order valence-corrected chi connectivity index (χ0v) is 18.2. The monoisotopic (exact) mass is 410 g/mol. The van der Waals surface area contributed by atoms with Crippen LogP contribution < -0.4 is 5.32 Å². The van der Waals surface area contributed by atoms with Crippen molar-refractivity contribution in [2.45, 2.75) is 83.7 Å². The van der Waals surface area contributed by atoms with Gasteiger partial charge in [0.15, 0.2) is 0 Å². The normalized spacial score (nSPS) is 34.5. The van der Waals surface area contributed by atoms with Crippen LogP contribution in [0.15, 0.2) is 0 Å². The van der Waals surface area contributed by atoms with Crippen molar-refractivity contribution in [3.8, 4) is 0 Å². The number of carbonyl (C=O) groups is 3. The molecule has 6 atom stereocenters. The minimum Gasteiger partial charge on any atom is -0.466 e. The Bertz CT molecular complexity index is 687. The summed E-state index contributed by atoms with van der Waals surface area (Å²) in [4.78, 5) is 41.2. The Morgan fingerprint density at radius 3 is 2.55 bits per heavy atom. The van der Waals surface area contributed by atoms with Crippen LogP contribution in [0, 0.1) is 17.8 Å². The predicted molar refractivity (Wildman–Crippen MR) is 105 cm³/mol. The van der Waals surface area contributed by atoms with Gasteiger partial charge in [-0.2, -0.15) is 0 Å².